The molecule has 0 fully saturated rings. The number of aliphatic carboxylic acids is 1. The Morgan fingerprint density at radius 3 is 2.58 bits per heavy atom. The van der Waals surface area contributed by atoms with Gasteiger partial charge in [-0.2, -0.15) is 0 Å². The molecule has 8 heteroatoms. The number of benzene rings is 1. The number of aromatic nitrogens is 2. The van der Waals surface area contributed by atoms with Gasteiger partial charge >= 0.3 is 5.97 Å². The first-order valence-electron chi connectivity index (χ1n) is 7.48. The third-order valence-electron chi connectivity index (χ3n) is 3.51. The zero-order chi connectivity index (χ0) is 17.6. The van der Waals surface area contributed by atoms with E-state index in [0.717, 1.165) is 5.56 Å². The third-order valence-corrected chi connectivity index (χ3v) is 5.25. The molecule has 0 aliphatic rings. The van der Waals surface area contributed by atoms with Gasteiger partial charge in [0.05, 0.1) is 11.4 Å². The van der Waals surface area contributed by atoms with Crippen molar-refractivity contribution in [1.82, 2.24) is 9.97 Å². The van der Waals surface area contributed by atoms with E-state index in [9.17, 15) is 18.3 Å². The molecule has 0 saturated carbocycles. The van der Waals surface area contributed by atoms with Crippen LogP contribution in [-0.2, 0) is 14.6 Å². The van der Waals surface area contributed by atoms with E-state index < -0.39 is 21.8 Å². The fourth-order valence-corrected chi connectivity index (χ4v) is 2.96. The van der Waals surface area contributed by atoms with E-state index in [2.05, 4.69) is 15.3 Å². The fourth-order valence-electron chi connectivity index (χ4n) is 2.08. The molecule has 1 heterocycles. The van der Waals surface area contributed by atoms with Crippen molar-refractivity contribution in [3.8, 4) is 11.3 Å². The van der Waals surface area contributed by atoms with E-state index in [0.29, 0.717) is 11.5 Å². The molecule has 2 N–H and O–H groups in total. The molecule has 24 heavy (non-hydrogen) atoms. The molecule has 7 nitrogen and oxygen atoms in total. The normalized spacial score (nSPS) is 12.5. The number of rotatable bonds is 8. The minimum absolute atomic E-state index is 0.00893. The van der Waals surface area contributed by atoms with E-state index in [4.69, 9.17) is 0 Å². The van der Waals surface area contributed by atoms with Crippen molar-refractivity contribution < 1.29 is 18.3 Å². The summed E-state index contributed by atoms with van der Waals surface area (Å²) in [6.07, 6.45) is 1.31. The molecule has 0 aliphatic heterocycles. The fraction of sp³-hybridized carbons (Fsp3) is 0.312. The van der Waals surface area contributed by atoms with Crippen molar-refractivity contribution in [2.24, 2.45) is 0 Å². The van der Waals surface area contributed by atoms with E-state index >= 15 is 0 Å². The molecule has 1 aromatic carbocycles. The van der Waals surface area contributed by atoms with Crippen LogP contribution in [0.3, 0.4) is 0 Å². The first-order valence-corrected chi connectivity index (χ1v) is 9.30. The van der Waals surface area contributed by atoms with Gasteiger partial charge in [-0.3, -0.25) is 0 Å². The van der Waals surface area contributed by atoms with Gasteiger partial charge in [-0.05, 0) is 6.42 Å². The summed E-state index contributed by atoms with van der Waals surface area (Å²) in [5.74, 6) is -0.985. The predicted octanol–water partition coefficient (Wildman–Crippen LogP) is 1.83. The van der Waals surface area contributed by atoms with Crippen molar-refractivity contribution in [3.63, 3.8) is 0 Å². The summed E-state index contributed by atoms with van der Waals surface area (Å²) in [5, 5.41) is 12.1. The molecule has 0 saturated heterocycles. The van der Waals surface area contributed by atoms with Crippen molar-refractivity contribution in [1.29, 1.82) is 0 Å². The highest BCUT2D eigenvalue weighted by Gasteiger charge is 2.21. The SMILES string of the molecule is CCS(=O)(=O)CCC(Nc1cc(-c2ccccc2)ncn1)C(=O)O. The molecule has 0 radical (unpaired) electrons. The molecular formula is C16H19N3O4S. The standard InChI is InChI=1S/C16H19N3O4S/c1-2-24(22,23)9-8-13(16(20)21)19-15-10-14(17-11-18-15)12-6-4-3-5-7-12/h3-7,10-11,13H,2,8-9H2,1H3,(H,20,21)(H,17,18,19). The average molecular weight is 349 g/mol. The van der Waals surface area contributed by atoms with Crippen molar-refractivity contribution in [2.75, 3.05) is 16.8 Å². The van der Waals surface area contributed by atoms with Gasteiger partial charge in [0.15, 0.2) is 0 Å². The van der Waals surface area contributed by atoms with Crippen LogP contribution in [0.4, 0.5) is 5.82 Å². The molecule has 1 aromatic heterocycles. The first kappa shape index (κ1) is 17.9. The quantitative estimate of drug-likeness (QED) is 0.748. The largest absolute Gasteiger partial charge is 0.480 e. The number of anilines is 1. The second kappa shape index (κ2) is 7.87. The number of carbonyl (C=O) groups is 1. The first-order chi connectivity index (χ1) is 11.4. The maximum atomic E-state index is 11.6. The van der Waals surface area contributed by atoms with Crippen LogP contribution < -0.4 is 5.32 Å². The lowest BCUT2D eigenvalue weighted by atomic mass is 10.1. The van der Waals surface area contributed by atoms with Gasteiger partial charge in [0.1, 0.15) is 28.0 Å². The van der Waals surface area contributed by atoms with Crippen molar-refractivity contribution >= 4 is 21.6 Å². The Hall–Kier alpha value is -2.48. The second-order valence-electron chi connectivity index (χ2n) is 5.21. The number of carboxylic acids is 1. The minimum atomic E-state index is -3.23. The molecule has 2 aromatic rings. The molecule has 0 spiro atoms. The minimum Gasteiger partial charge on any atom is -0.480 e. The average Bonchev–Trinajstić information content (AvgIpc) is 2.59. The van der Waals surface area contributed by atoms with Gasteiger partial charge in [0.25, 0.3) is 0 Å². The summed E-state index contributed by atoms with van der Waals surface area (Å²) in [4.78, 5) is 19.5. The Morgan fingerprint density at radius 2 is 1.96 bits per heavy atom. The second-order valence-corrected chi connectivity index (χ2v) is 7.69. The van der Waals surface area contributed by atoms with Crippen LogP contribution in [0.15, 0.2) is 42.7 Å². The summed E-state index contributed by atoms with van der Waals surface area (Å²) in [6, 6.07) is 10.0. The lowest BCUT2D eigenvalue weighted by Crippen LogP contribution is -2.32. The Kier molecular flexibility index (Phi) is 5.86. The smallest absolute Gasteiger partial charge is 0.326 e. The van der Waals surface area contributed by atoms with E-state index in [1.807, 2.05) is 30.3 Å². The Morgan fingerprint density at radius 1 is 1.25 bits per heavy atom. The Labute approximate surface area is 140 Å². The number of nitrogens with one attached hydrogen (secondary N) is 1. The van der Waals surface area contributed by atoms with Crippen LogP contribution in [0.25, 0.3) is 11.3 Å². The number of hydrogen-bond donors (Lipinski definition) is 2. The predicted molar refractivity (Wildman–Crippen MR) is 91.5 cm³/mol. The van der Waals surface area contributed by atoms with Crippen molar-refractivity contribution in [3.05, 3.63) is 42.7 Å². The Balaban J connectivity index is 2.14. The molecule has 0 bridgehead atoms. The molecule has 1 atom stereocenters. The molecule has 0 amide bonds. The van der Waals surface area contributed by atoms with Crippen LogP contribution >= 0.6 is 0 Å². The molecule has 1 unspecified atom stereocenters. The Bertz CT molecular complexity index is 794. The number of sulfone groups is 1. The highest BCUT2D eigenvalue weighted by molar-refractivity contribution is 7.91. The summed E-state index contributed by atoms with van der Waals surface area (Å²) in [7, 11) is -3.23. The van der Waals surface area contributed by atoms with Gasteiger partial charge in [-0.25, -0.2) is 23.2 Å². The van der Waals surface area contributed by atoms with Crippen LogP contribution in [0, 0.1) is 0 Å². The lowest BCUT2D eigenvalue weighted by molar-refractivity contribution is -0.137. The van der Waals surface area contributed by atoms with Crippen LogP contribution in [-0.4, -0.2) is 47.0 Å². The molecule has 0 aliphatic carbocycles. The summed E-state index contributed by atoms with van der Waals surface area (Å²) in [5.41, 5.74) is 1.53. The lowest BCUT2D eigenvalue weighted by Gasteiger charge is -2.15. The summed E-state index contributed by atoms with van der Waals surface area (Å²) in [6.45, 7) is 1.54. The third kappa shape index (κ3) is 5.02. The summed E-state index contributed by atoms with van der Waals surface area (Å²) >= 11 is 0. The zero-order valence-electron chi connectivity index (χ0n) is 13.2. The maximum absolute atomic E-state index is 11.6. The number of hydrogen-bond acceptors (Lipinski definition) is 6. The van der Waals surface area contributed by atoms with Gasteiger partial charge < -0.3 is 10.4 Å². The van der Waals surface area contributed by atoms with Gasteiger partial charge in [0.2, 0.25) is 0 Å². The zero-order valence-corrected chi connectivity index (χ0v) is 14.0. The number of nitrogens with zero attached hydrogens (tertiary/aromatic N) is 2. The molecule has 128 valence electrons. The van der Waals surface area contributed by atoms with Gasteiger partial charge in [0, 0.05) is 17.4 Å². The molecule has 2 rings (SSSR count). The monoisotopic (exact) mass is 349 g/mol. The van der Waals surface area contributed by atoms with E-state index in [1.54, 1.807) is 6.07 Å². The maximum Gasteiger partial charge on any atom is 0.326 e. The highest BCUT2D eigenvalue weighted by Crippen LogP contribution is 2.19. The van der Waals surface area contributed by atoms with Crippen molar-refractivity contribution in [2.45, 2.75) is 19.4 Å². The topological polar surface area (TPSA) is 109 Å². The highest BCUT2D eigenvalue weighted by atomic mass is 32.2. The van der Waals surface area contributed by atoms with Gasteiger partial charge in [-0.1, -0.05) is 37.3 Å². The van der Waals surface area contributed by atoms with Crippen LogP contribution in [0.2, 0.25) is 0 Å². The number of carboxylic acid groups (broad SMARTS) is 1. The van der Waals surface area contributed by atoms with E-state index in [-0.39, 0.29) is 17.9 Å². The molecular weight excluding hydrogens is 330 g/mol. The van der Waals surface area contributed by atoms with E-state index in [1.165, 1.54) is 13.3 Å². The van der Waals surface area contributed by atoms with Crippen LogP contribution in [0.5, 0.6) is 0 Å². The summed E-state index contributed by atoms with van der Waals surface area (Å²) < 4.78 is 23.1. The van der Waals surface area contributed by atoms with Gasteiger partial charge in [-0.15, -0.1) is 0 Å². The van der Waals surface area contributed by atoms with Crippen LogP contribution in [0.1, 0.15) is 13.3 Å².